The maximum absolute atomic E-state index is 13.9. The smallest absolute Gasteiger partial charge is 0.336 e. The fourth-order valence-electron chi connectivity index (χ4n) is 2.53. The van der Waals surface area contributed by atoms with Crippen LogP contribution in [-0.4, -0.2) is 30.2 Å². The Balaban J connectivity index is 2.50. The molecule has 0 spiro atoms. The number of pyridine rings is 1. The average Bonchev–Trinajstić information content (AvgIpc) is 2.40. The number of fused-ring (bicyclic) bond motifs is 2. The quantitative estimate of drug-likeness (QED) is 0.866. The Morgan fingerprint density at radius 1 is 1.24 bits per heavy atom. The minimum atomic E-state index is -3.46. The highest BCUT2D eigenvalue weighted by Crippen LogP contribution is 2.31. The highest BCUT2D eigenvalue weighted by atomic mass is 32.2. The van der Waals surface area contributed by atoms with Crippen LogP contribution in [-0.2, 0) is 22.0 Å². The standard InChI is InChI=1S/C13H9F2NO4S/c14-7-1-2-8(15)12-11(7)10(13(17)18)6-5-21(19,20)4-3-9(6)16-12/h1-2H,3-5H2,(H,17,18). The molecule has 110 valence electrons. The van der Waals surface area contributed by atoms with Gasteiger partial charge in [0.25, 0.3) is 0 Å². The van der Waals surface area contributed by atoms with Crippen molar-refractivity contribution in [2.45, 2.75) is 12.2 Å². The number of aromatic nitrogens is 1. The highest BCUT2D eigenvalue weighted by molar-refractivity contribution is 7.90. The number of halogens is 2. The number of aromatic carboxylic acids is 1. The van der Waals surface area contributed by atoms with Crippen LogP contribution in [0.4, 0.5) is 8.78 Å². The summed E-state index contributed by atoms with van der Waals surface area (Å²) in [7, 11) is -3.46. The van der Waals surface area contributed by atoms with E-state index in [0.29, 0.717) is 0 Å². The van der Waals surface area contributed by atoms with Crippen molar-refractivity contribution in [3.8, 4) is 0 Å². The van der Waals surface area contributed by atoms with Crippen molar-refractivity contribution >= 4 is 26.7 Å². The Morgan fingerprint density at radius 3 is 2.57 bits per heavy atom. The second-order valence-corrected chi connectivity index (χ2v) is 7.00. The van der Waals surface area contributed by atoms with Crippen LogP contribution in [0.2, 0.25) is 0 Å². The van der Waals surface area contributed by atoms with E-state index in [4.69, 9.17) is 0 Å². The summed E-state index contributed by atoms with van der Waals surface area (Å²) < 4.78 is 51.1. The molecule has 3 rings (SSSR count). The lowest BCUT2D eigenvalue weighted by atomic mass is 9.99. The third-order valence-electron chi connectivity index (χ3n) is 3.45. The van der Waals surface area contributed by atoms with Crippen molar-refractivity contribution in [3.05, 3.63) is 40.6 Å². The normalized spacial score (nSPS) is 16.7. The topological polar surface area (TPSA) is 84.3 Å². The van der Waals surface area contributed by atoms with Gasteiger partial charge in [-0.05, 0) is 12.1 Å². The Labute approximate surface area is 118 Å². The summed E-state index contributed by atoms with van der Waals surface area (Å²) in [6.45, 7) is 0. The molecule has 1 aliphatic heterocycles. The van der Waals surface area contributed by atoms with Crippen LogP contribution in [0.1, 0.15) is 21.6 Å². The van der Waals surface area contributed by atoms with Crippen molar-refractivity contribution in [3.63, 3.8) is 0 Å². The molecule has 0 amide bonds. The molecule has 5 nitrogen and oxygen atoms in total. The number of carboxylic acids is 1. The Hall–Kier alpha value is -2.09. The Morgan fingerprint density at radius 2 is 1.90 bits per heavy atom. The maximum Gasteiger partial charge on any atom is 0.336 e. The second-order valence-electron chi connectivity index (χ2n) is 4.81. The summed E-state index contributed by atoms with van der Waals surface area (Å²) in [4.78, 5) is 15.4. The lowest BCUT2D eigenvalue weighted by Crippen LogP contribution is -2.23. The monoisotopic (exact) mass is 313 g/mol. The molecule has 0 saturated heterocycles. The molecule has 0 atom stereocenters. The van der Waals surface area contributed by atoms with Gasteiger partial charge in [-0.25, -0.2) is 27.0 Å². The predicted molar refractivity (Wildman–Crippen MR) is 69.8 cm³/mol. The van der Waals surface area contributed by atoms with E-state index in [2.05, 4.69) is 4.98 Å². The summed E-state index contributed by atoms with van der Waals surface area (Å²) >= 11 is 0. The van der Waals surface area contributed by atoms with Crippen LogP contribution in [0.3, 0.4) is 0 Å². The molecule has 1 aliphatic rings. The molecule has 21 heavy (non-hydrogen) atoms. The van der Waals surface area contributed by atoms with Gasteiger partial charge in [0.05, 0.1) is 22.5 Å². The van der Waals surface area contributed by atoms with Crippen LogP contribution in [0, 0.1) is 11.6 Å². The molecule has 1 aromatic carbocycles. The van der Waals surface area contributed by atoms with Gasteiger partial charge in [0.2, 0.25) is 0 Å². The van der Waals surface area contributed by atoms with Gasteiger partial charge in [0.1, 0.15) is 17.2 Å². The predicted octanol–water partition coefficient (Wildman–Crippen LogP) is 1.68. The van der Waals surface area contributed by atoms with Crippen molar-refractivity contribution in [1.82, 2.24) is 4.98 Å². The van der Waals surface area contributed by atoms with E-state index in [1.165, 1.54) is 0 Å². The third-order valence-corrected chi connectivity index (χ3v) is 5.01. The summed E-state index contributed by atoms with van der Waals surface area (Å²) in [6, 6.07) is 1.66. The van der Waals surface area contributed by atoms with Gasteiger partial charge < -0.3 is 5.11 Å². The number of aryl methyl sites for hydroxylation is 1. The van der Waals surface area contributed by atoms with Crippen LogP contribution < -0.4 is 0 Å². The lowest BCUT2D eigenvalue weighted by Gasteiger charge is -2.19. The van der Waals surface area contributed by atoms with E-state index in [0.717, 1.165) is 12.1 Å². The van der Waals surface area contributed by atoms with Crippen molar-refractivity contribution < 1.29 is 27.1 Å². The number of benzene rings is 1. The van der Waals surface area contributed by atoms with Gasteiger partial charge in [-0.2, -0.15) is 0 Å². The first-order chi connectivity index (χ1) is 9.80. The first-order valence-electron chi connectivity index (χ1n) is 6.03. The van der Waals surface area contributed by atoms with E-state index in [-0.39, 0.29) is 28.9 Å². The van der Waals surface area contributed by atoms with E-state index in [1.54, 1.807) is 0 Å². The fourth-order valence-corrected chi connectivity index (χ4v) is 3.93. The van der Waals surface area contributed by atoms with Gasteiger partial charge in [-0.1, -0.05) is 0 Å². The number of carboxylic acid groups (broad SMARTS) is 1. The highest BCUT2D eigenvalue weighted by Gasteiger charge is 2.30. The molecule has 0 saturated carbocycles. The van der Waals surface area contributed by atoms with E-state index in [9.17, 15) is 27.1 Å². The molecular weight excluding hydrogens is 304 g/mol. The molecule has 0 unspecified atom stereocenters. The Kier molecular flexibility index (Phi) is 2.94. The number of hydrogen-bond donors (Lipinski definition) is 1. The van der Waals surface area contributed by atoms with Gasteiger partial charge in [0, 0.05) is 17.7 Å². The zero-order chi connectivity index (χ0) is 15.4. The SMILES string of the molecule is O=C(O)c1c2c(nc3c(F)ccc(F)c13)CCS(=O)(=O)C2. The van der Waals surface area contributed by atoms with Crippen molar-refractivity contribution in [1.29, 1.82) is 0 Å². The summed E-state index contributed by atoms with van der Waals surface area (Å²) in [6.07, 6.45) is -0.0101. The third kappa shape index (κ3) is 2.15. The molecule has 8 heteroatoms. The summed E-state index contributed by atoms with van der Waals surface area (Å²) in [5.74, 6) is -4.00. The van der Waals surface area contributed by atoms with Crippen LogP contribution in [0.15, 0.2) is 12.1 Å². The zero-order valence-corrected chi connectivity index (χ0v) is 11.4. The molecule has 1 N–H and O–H groups in total. The van der Waals surface area contributed by atoms with Gasteiger partial charge >= 0.3 is 5.97 Å². The summed E-state index contributed by atoms with van der Waals surface area (Å²) in [5.41, 5.74) is -0.759. The first-order valence-corrected chi connectivity index (χ1v) is 7.85. The molecule has 2 aromatic rings. The van der Waals surface area contributed by atoms with Gasteiger partial charge in [0.15, 0.2) is 9.84 Å². The Bertz CT molecular complexity index is 893. The van der Waals surface area contributed by atoms with Crippen molar-refractivity contribution in [2.24, 2.45) is 0 Å². The fraction of sp³-hybridized carbons (Fsp3) is 0.231. The number of rotatable bonds is 1. The molecule has 0 bridgehead atoms. The van der Waals surface area contributed by atoms with Crippen LogP contribution in [0.25, 0.3) is 10.9 Å². The van der Waals surface area contributed by atoms with E-state index >= 15 is 0 Å². The molecule has 0 fully saturated rings. The summed E-state index contributed by atoms with van der Waals surface area (Å²) in [5, 5.41) is 8.83. The van der Waals surface area contributed by atoms with Crippen LogP contribution in [0.5, 0.6) is 0 Å². The minimum absolute atomic E-state index is 0.0101. The maximum atomic E-state index is 13.9. The molecular formula is C13H9F2NO4S. The molecule has 2 heterocycles. The molecule has 0 aliphatic carbocycles. The number of nitrogens with zero attached hydrogens (tertiary/aromatic N) is 1. The van der Waals surface area contributed by atoms with Gasteiger partial charge in [-0.15, -0.1) is 0 Å². The minimum Gasteiger partial charge on any atom is -0.478 e. The first kappa shape index (κ1) is 13.9. The number of hydrogen-bond acceptors (Lipinski definition) is 4. The molecule has 1 aromatic heterocycles. The van der Waals surface area contributed by atoms with Gasteiger partial charge in [-0.3, -0.25) is 0 Å². The zero-order valence-electron chi connectivity index (χ0n) is 10.6. The van der Waals surface area contributed by atoms with Crippen LogP contribution >= 0.6 is 0 Å². The largest absolute Gasteiger partial charge is 0.478 e. The average molecular weight is 313 g/mol. The van der Waals surface area contributed by atoms with E-state index < -0.39 is 44.1 Å². The lowest BCUT2D eigenvalue weighted by molar-refractivity contribution is 0.0697. The second kappa shape index (κ2) is 4.45. The number of sulfone groups is 1. The number of carbonyl (C=O) groups is 1. The molecule has 0 radical (unpaired) electrons. The van der Waals surface area contributed by atoms with Crippen molar-refractivity contribution in [2.75, 3.05) is 5.75 Å². The van der Waals surface area contributed by atoms with E-state index in [1.807, 2.05) is 0 Å².